The summed E-state index contributed by atoms with van der Waals surface area (Å²) in [6, 6.07) is 17.4. The highest BCUT2D eigenvalue weighted by Crippen LogP contribution is 2.31. The largest absolute Gasteiger partial charge is 0.416 e. The van der Waals surface area contributed by atoms with Crippen molar-refractivity contribution in [3.63, 3.8) is 0 Å². The maximum atomic E-state index is 13.0. The molecular formula is C22H16F3N3O. The smallest absolute Gasteiger partial charge is 0.306 e. The molecule has 0 aliphatic carbocycles. The fourth-order valence-electron chi connectivity index (χ4n) is 3.04. The van der Waals surface area contributed by atoms with Gasteiger partial charge in [-0.15, -0.1) is 0 Å². The number of rotatable bonds is 3. The van der Waals surface area contributed by atoms with Gasteiger partial charge in [0.2, 0.25) is 0 Å². The Labute approximate surface area is 164 Å². The lowest BCUT2D eigenvalue weighted by Crippen LogP contribution is -2.15. The van der Waals surface area contributed by atoms with Gasteiger partial charge in [-0.25, -0.2) is 4.98 Å². The maximum Gasteiger partial charge on any atom is 0.416 e. The Hall–Kier alpha value is -3.61. The first-order valence-electron chi connectivity index (χ1n) is 8.86. The van der Waals surface area contributed by atoms with Crippen LogP contribution in [0.1, 0.15) is 21.5 Å². The molecule has 0 unspecified atom stereocenters. The van der Waals surface area contributed by atoms with Crippen LogP contribution in [-0.4, -0.2) is 15.3 Å². The van der Waals surface area contributed by atoms with E-state index in [1.54, 1.807) is 22.7 Å². The molecule has 0 saturated carbocycles. The van der Waals surface area contributed by atoms with E-state index in [4.69, 9.17) is 0 Å². The minimum atomic E-state index is -4.52. The second-order valence-corrected chi connectivity index (χ2v) is 6.64. The van der Waals surface area contributed by atoms with Gasteiger partial charge in [-0.1, -0.05) is 42.0 Å². The van der Waals surface area contributed by atoms with Gasteiger partial charge in [-0.05, 0) is 37.3 Å². The van der Waals surface area contributed by atoms with E-state index in [0.717, 1.165) is 23.3 Å². The number of hydrogen-bond donors (Lipinski definition) is 1. The molecule has 1 amide bonds. The van der Waals surface area contributed by atoms with E-state index in [0.29, 0.717) is 17.2 Å². The van der Waals surface area contributed by atoms with Gasteiger partial charge in [0.05, 0.1) is 5.56 Å². The Morgan fingerprint density at radius 2 is 1.76 bits per heavy atom. The Kier molecular flexibility index (Phi) is 4.58. The number of hydrogen-bond acceptors (Lipinski definition) is 2. The summed E-state index contributed by atoms with van der Waals surface area (Å²) < 4.78 is 40.7. The Morgan fingerprint density at radius 1 is 1.00 bits per heavy atom. The average molecular weight is 395 g/mol. The zero-order valence-electron chi connectivity index (χ0n) is 15.4. The first kappa shape index (κ1) is 18.7. The van der Waals surface area contributed by atoms with Crippen molar-refractivity contribution in [1.29, 1.82) is 0 Å². The van der Waals surface area contributed by atoms with Crippen molar-refractivity contribution in [2.75, 3.05) is 5.32 Å². The van der Waals surface area contributed by atoms with Gasteiger partial charge in [0.25, 0.3) is 5.91 Å². The molecule has 0 radical (unpaired) electrons. The predicted molar refractivity (Wildman–Crippen MR) is 105 cm³/mol. The molecule has 0 spiro atoms. The lowest BCUT2D eigenvalue weighted by molar-refractivity contribution is -0.137. The number of alkyl halides is 3. The lowest BCUT2D eigenvalue weighted by atomic mass is 10.1. The average Bonchev–Trinajstić information content (AvgIpc) is 3.06. The normalized spacial score (nSPS) is 11.6. The second kappa shape index (κ2) is 7.09. The van der Waals surface area contributed by atoms with Crippen LogP contribution < -0.4 is 5.32 Å². The molecule has 1 N–H and O–H groups in total. The Balaban J connectivity index is 1.77. The highest BCUT2D eigenvalue weighted by molar-refractivity contribution is 6.06. The number of aryl methyl sites for hydroxylation is 1. The zero-order valence-corrected chi connectivity index (χ0v) is 15.4. The van der Waals surface area contributed by atoms with E-state index in [1.807, 2.05) is 37.3 Å². The van der Waals surface area contributed by atoms with Gasteiger partial charge in [-0.2, -0.15) is 13.2 Å². The number of nitrogens with zero attached hydrogens (tertiary/aromatic N) is 2. The van der Waals surface area contributed by atoms with E-state index >= 15 is 0 Å². The number of nitrogens with one attached hydrogen (secondary N) is 1. The van der Waals surface area contributed by atoms with Crippen molar-refractivity contribution in [3.05, 3.63) is 89.6 Å². The minimum Gasteiger partial charge on any atom is -0.306 e. The summed E-state index contributed by atoms with van der Waals surface area (Å²) in [6.45, 7) is 1.96. The molecule has 0 saturated heterocycles. The molecule has 4 aromatic rings. The number of benzene rings is 2. The van der Waals surface area contributed by atoms with Crippen LogP contribution in [-0.2, 0) is 6.18 Å². The second-order valence-electron chi connectivity index (χ2n) is 6.64. The van der Waals surface area contributed by atoms with Gasteiger partial charge >= 0.3 is 6.18 Å². The summed E-state index contributed by atoms with van der Waals surface area (Å²) in [7, 11) is 0. The van der Waals surface area contributed by atoms with Crippen LogP contribution in [0.3, 0.4) is 0 Å². The fourth-order valence-corrected chi connectivity index (χ4v) is 3.04. The number of fused-ring (bicyclic) bond motifs is 1. The molecule has 0 bridgehead atoms. The Bertz CT molecular complexity index is 1190. The summed E-state index contributed by atoms with van der Waals surface area (Å²) in [4.78, 5) is 17.3. The van der Waals surface area contributed by atoms with Crippen molar-refractivity contribution in [2.45, 2.75) is 13.1 Å². The zero-order chi connectivity index (χ0) is 20.6. The molecule has 2 heterocycles. The fraction of sp³-hybridized carbons (Fsp3) is 0.0909. The number of carbonyl (C=O) groups is 1. The molecule has 2 aromatic carbocycles. The SMILES string of the molecule is Cc1ccc(-c2nc3ccccn3c2NC(=O)c2cccc(C(F)(F)F)c2)cc1. The van der Waals surface area contributed by atoms with Gasteiger partial charge in [-0.3, -0.25) is 9.20 Å². The Morgan fingerprint density at radius 3 is 2.48 bits per heavy atom. The summed E-state index contributed by atoms with van der Waals surface area (Å²) in [5.41, 5.74) is 2.06. The molecule has 4 nitrogen and oxygen atoms in total. The monoisotopic (exact) mass is 395 g/mol. The number of anilines is 1. The third-order valence-electron chi connectivity index (χ3n) is 4.54. The number of amides is 1. The van der Waals surface area contributed by atoms with Crippen molar-refractivity contribution < 1.29 is 18.0 Å². The van der Waals surface area contributed by atoms with Crippen LogP contribution in [0.4, 0.5) is 19.0 Å². The van der Waals surface area contributed by atoms with Crippen molar-refractivity contribution in [2.24, 2.45) is 0 Å². The van der Waals surface area contributed by atoms with Crippen LogP contribution in [0, 0.1) is 6.92 Å². The number of carbonyl (C=O) groups excluding carboxylic acids is 1. The summed E-state index contributed by atoms with van der Waals surface area (Å²) in [6.07, 6.45) is -2.78. The van der Waals surface area contributed by atoms with Gasteiger partial charge in [0, 0.05) is 17.3 Å². The molecule has 146 valence electrons. The van der Waals surface area contributed by atoms with Gasteiger partial charge < -0.3 is 5.32 Å². The minimum absolute atomic E-state index is 0.0828. The van der Waals surface area contributed by atoms with Crippen LogP contribution in [0.5, 0.6) is 0 Å². The highest BCUT2D eigenvalue weighted by atomic mass is 19.4. The predicted octanol–water partition coefficient (Wildman–Crippen LogP) is 5.58. The topological polar surface area (TPSA) is 46.4 Å². The maximum absolute atomic E-state index is 13.0. The summed E-state index contributed by atoms with van der Waals surface area (Å²) in [5.74, 6) is -0.248. The quantitative estimate of drug-likeness (QED) is 0.492. The standard InChI is InChI=1S/C22H16F3N3O/c1-14-8-10-15(11-9-14)19-20(28-12-3-2-7-18(28)26-19)27-21(29)16-5-4-6-17(13-16)22(23,24)25/h2-13H,1H3,(H,27,29). The van der Waals surface area contributed by atoms with Crippen LogP contribution in [0.2, 0.25) is 0 Å². The third-order valence-corrected chi connectivity index (χ3v) is 4.54. The van der Waals surface area contributed by atoms with E-state index in [9.17, 15) is 18.0 Å². The van der Waals surface area contributed by atoms with Gasteiger partial charge in [0.1, 0.15) is 17.2 Å². The van der Waals surface area contributed by atoms with Crippen LogP contribution >= 0.6 is 0 Å². The first-order valence-corrected chi connectivity index (χ1v) is 8.86. The molecule has 0 fully saturated rings. The summed E-state index contributed by atoms with van der Waals surface area (Å²) in [5, 5.41) is 2.74. The van der Waals surface area contributed by atoms with E-state index in [1.165, 1.54) is 12.1 Å². The van der Waals surface area contributed by atoms with E-state index in [2.05, 4.69) is 10.3 Å². The number of imidazole rings is 1. The number of aromatic nitrogens is 2. The van der Waals surface area contributed by atoms with E-state index in [-0.39, 0.29) is 5.56 Å². The van der Waals surface area contributed by atoms with Crippen molar-refractivity contribution >= 4 is 17.4 Å². The molecule has 7 heteroatoms. The van der Waals surface area contributed by atoms with Crippen molar-refractivity contribution in [3.8, 4) is 11.3 Å². The summed E-state index contributed by atoms with van der Waals surface area (Å²) >= 11 is 0. The lowest BCUT2D eigenvalue weighted by Gasteiger charge is -2.10. The highest BCUT2D eigenvalue weighted by Gasteiger charge is 2.31. The molecule has 29 heavy (non-hydrogen) atoms. The van der Waals surface area contributed by atoms with Crippen molar-refractivity contribution in [1.82, 2.24) is 9.38 Å². The number of pyridine rings is 1. The van der Waals surface area contributed by atoms with Gasteiger partial charge in [0.15, 0.2) is 0 Å². The molecule has 0 aliphatic rings. The first-order chi connectivity index (χ1) is 13.8. The third kappa shape index (κ3) is 3.71. The molecule has 4 rings (SSSR count). The molecule has 0 aliphatic heterocycles. The number of halogens is 3. The molecule has 0 atom stereocenters. The molecule has 2 aromatic heterocycles. The van der Waals surface area contributed by atoms with Crippen LogP contribution in [0.15, 0.2) is 72.9 Å². The van der Waals surface area contributed by atoms with Crippen LogP contribution in [0.25, 0.3) is 16.9 Å². The van der Waals surface area contributed by atoms with E-state index < -0.39 is 17.6 Å². The molecular weight excluding hydrogens is 379 g/mol.